The van der Waals surface area contributed by atoms with Crippen molar-refractivity contribution in [3.05, 3.63) is 34.9 Å². The molecule has 4 fully saturated rings. The van der Waals surface area contributed by atoms with E-state index in [-0.39, 0.29) is 11.3 Å². The highest BCUT2D eigenvalue weighted by Crippen LogP contribution is 2.60. The first-order valence-corrected chi connectivity index (χ1v) is 9.66. The number of nitrogens with one attached hydrogen (secondary N) is 1. The van der Waals surface area contributed by atoms with Crippen molar-refractivity contribution in [2.45, 2.75) is 51.0 Å². The maximum Gasteiger partial charge on any atom is 0.240 e. The van der Waals surface area contributed by atoms with Crippen molar-refractivity contribution in [3.63, 3.8) is 0 Å². The van der Waals surface area contributed by atoms with Crippen LogP contribution in [-0.4, -0.2) is 17.9 Å². The molecule has 1 aromatic carbocycles. The molecule has 4 nitrogen and oxygen atoms in total. The molecule has 25 heavy (non-hydrogen) atoms. The van der Waals surface area contributed by atoms with Crippen molar-refractivity contribution in [1.82, 2.24) is 5.32 Å². The molecule has 4 aliphatic rings. The molecule has 4 saturated carbocycles. The highest BCUT2D eigenvalue weighted by molar-refractivity contribution is 6.30. The van der Waals surface area contributed by atoms with E-state index in [2.05, 4.69) is 5.32 Å². The SMILES string of the molecule is NC(=O)[C@@H](Cc1ccc(Cl)cc1)NC(=O)C12CC3CC(CC(C3)C1)C2. The standard InChI is InChI=1S/C20H25ClN2O2/c21-16-3-1-12(2-4-16)8-17(18(22)24)23-19(25)20-9-13-5-14(10-20)7-15(6-13)11-20/h1-4,13-15,17H,5-11H2,(H2,22,24)(H,23,25)/t13?,14?,15?,17-,20?/m1/s1. The Bertz CT molecular complexity index is 650. The predicted molar refractivity (Wildman–Crippen MR) is 96.9 cm³/mol. The lowest BCUT2D eigenvalue weighted by molar-refractivity contribution is -0.148. The van der Waals surface area contributed by atoms with Crippen LogP contribution < -0.4 is 11.1 Å². The third-order valence-electron chi connectivity index (χ3n) is 6.52. The van der Waals surface area contributed by atoms with Gasteiger partial charge in [-0.15, -0.1) is 0 Å². The topological polar surface area (TPSA) is 72.2 Å². The molecular weight excluding hydrogens is 336 g/mol. The van der Waals surface area contributed by atoms with Crippen LogP contribution in [0.4, 0.5) is 0 Å². The molecule has 4 bridgehead atoms. The molecule has 5 rings (SSSR count). The minimum absolute atomic E-state index is 0.0457. The number of carbonyl (C=O) groups excluding carboxylic acids is 2. The molecule has 1 aromatic rings. The molecule has 5 heteroatoms. The Hall–Kier alpha value is -1.55. The van der Waals surface area contributed by atoms with E-state index >= 15 is 0 Å². The molecule has 3 N–H and O–H groups in total. The van der Waals surface area contributed by atoms with Crippen LogP contribution in [0.25, 0.3) is 0 Å². The summed E-state index contributed by atoms with van der Waals surface area (Å²) >= 11 is 5.91. The third kappa shape index (κ3) is 3.29. The van der Waals surface area contributed by atoms with Gasteiger partial charge in [-0.2, -0.15) is 0 Å². The van der Waals surface area contributed by atoms with Crippen LogP contribution in [0.15, 0.2) is 24.3 Å². The number of halogens is 1. The number of amides is 2. The van der Waals surface area contributed by atoms with Crippen LogP contribution >= 0.6 is 11.6 Å². The minimum Gasteiger partial charge on any atom is -0.368 e. The van der Waals surface area contributed by atoms with Gasteiger partial charge in [-0.05, 0) is 74.0 Å². The Morgan fingerprint density at radius 3 is 2.08 bits per heavy atom. The van der Waals surface area contributed by atoms with E-state index < -0.39 is 11.9 Å². The fourth-order valence-corrected chi connectivity index (χ4v) is 5.91. The van der Waals surface area contributed by atoms with Crippen LogP contribution in [0, 0.1) is 23.2 Å². The molecule has 0 heterocycles. The van der Waals surface area contributed by atoms with Crippen LogP contribution in [-0.2, 0) is 16.0 Å². The van der Waals surface area contributed by atoms with E-state index in [1.807, 2.05) is 12.1 Å². The zero-order valence-corrected chi connectivity index (χ0v) is 15.1. The molecule has 0 unspecified atom stereocenters. The van der Waals surface area contributed by atoms with Gasteiger partial charge in [0.15, 0.2) is 0 Å². The molecule has 0 saturated heterocycles. The van der Waals surface area contributed by atoms with Gasteiger partial charge in [0.25, 0.3) is 0 Å². The van der Waals surface area contributed by atoms with E-state index in [9.17, 15) is 9.59 Å². The van der Waals surface area contributed by atoms with Gasteiger partial charge in [0.2, 0.25) is 11.8 Å². The third-order valence-corrected chi connectivity index (χ3v) is 6.77. The second-order valence-corrected chi connectivity index (χ2v) is 8.89. The Morgan fingerprint density at radius 1 is 1.08 bits per heavy atom. The minimum atomic E-state index is -0.665. The average molecular weight is 361 g/mol. The van der Waals surface area contributed by atoms with Gasteiger partial charge in [0, 0.05) is 16.9 Å². The fourth-order valence-electron chi connectivity index (χ4n) is 5.78. The second-order valence-electron chi connectivity index (χ2n) is 8.46. The number of hydrogen-bond acceptors (Lipinski definition) is 2. The lowest BCUT2D eigenvalue weighted by Gasteiger charge is -2.55. The summed E-state index contributed by atoms with van der Waals surface area (Å²) in [5, 5.41) is 3.64. The summed E-state index contributed by atoms with van der Waals surface area (Å²) < 4.78 is 0. The van der Waals surface area contributed by atoms with Crippen molar-refractivity contribution in [2.75, 3.05) is 0 Å². The van der Waals surface area contributed by atoms with Gasteiger partial charge in [0.1, 0.15) is 6.04 Å². The van der Waals surface area contributed by atoms with E-state index in [4.69, 9.17) is 17.3 Å². The fraction of sp³-hybridized carbons (Fsp3) is 0.600. The van der Waals surface area contributed by atoms with Gasteiger partial charge in [0.05, 0.1) is 0 Å². The zero-order valence-electron chi connectivity index (χ0n) is 14.3. The normalized spacial score (nSPS) is 33.9. The second kappa shape index (κ2) is 6.31. The van der Waals surface area contributed by atoms with Crippen LogP contribution in [0.2, 0.25) is 5.02 Å². The maximum atomic E-state index is 13.1. The van der Waals surface area contributed by atoms with Gasteiger partial charge >= 0.3 is 0 Å². The highest BCUT2D eigenvalue weighted by Gasteiger charge is 2.54. The monoisotopic (exact) mass is 360 g/mol. The summed E-state index contributed by atoms with van der Waals surface area (Å²) in [7, 11) is 0. The molecule has 134 valence electrons. The Kier molecular flexibility index (Phi) is 4.27. The first-order valence-electron chi connectivity index (χ1n) is 9.28. The van der Waals surface area contributed by atoms with Gasteiger partial charge < -0.3 is 11.1 Å². The number of primary amides is 1. The van der Waals surface area contributed by atoms with E-state index in [1.54, 1.807) is 12.1 Å². The first kappa shape index (κ1) is 16.9. The van der Waals surface area contributed by atoms with Crippen LogP contribution in [0.5, 0.6) is 0 Å². The summed E-state index contributed by atoms with van der Waals surface area (Å²) in [6.45, 7) is 0. The lowest BCUT2D eigenvalue weighted by atomic mass is 9.49. The summed E-state index contributed by atoms with van der Waals surface area (Å²) in [5.41, 5.74) is 6.26. The number of hydrogen-bond donors (Lipinski definition) is 2. The summed E-state index contributed by atoms with van der Waals surface area (Å²) in [6, 6.07) is 6.65. The zero-order chi connectivity index (χ0) is 17.6. The smallest absolute Gasteiger partial charge is 0.240 e. The summed E-state index contributed by atoms with van der Waals surface area (Å²) in [6.07, 6.45) is 7.22. The number of nitrogens with two attached hydrogens (primary N) is 1. The molecule has 1 atom stereocenters. The molecule has 0 aromatic heterocycles. The summed E-state index contributed by atoms with van der Waals surface area (Å²) in [5.74, 6) is 1.65. The highest BCUT2D eigenvalue weighted by atomic mass is 35.5. The number of carbonyl (C=O) groups is 2. The quantitative estimate of drug-likeness (QED) is 0.847. The van der Waals surface area contributed by atoms with E-state index in [1.165, 1.54) is 19.3 Å². The van der Waals surface area contributed by atoms with Gasteiger partial charge in [-0.1, -0.05) is 23.7 Å². The van der Waals surface area contributed by atoms with Gasteiger partial charge in [-0.3, -0.25) is 9.59 Å². The number of benzene rings is 1. The van der Waals surface area contributed by atoms with Gasteiger partial charge in [-0.25, -0.2) is 0 Å². The molecule has 4 aliphatic carbocycles. The predicted octanol–water partition coefficient (Wildman–Crippen LogP) is 3.07. The van der Waals surface area contributed by atoms with Crippen molar-refractivity contribution in [2.24, 2.45) is 28.9 Å². The van der Waals surface area contributed by atoms with Crippen molar-refractivity contribution in [3.8, 4) is 0 Å². The van der Waals surface area contributed by atoms with Crippen molar-refractivity contribution >= 4 is 23.4 Å². The summed E-state index contributed by atoms with van der Waals surface area (Å²) in [4.78, 5) is 25.0. The number of rotatable bonds is 5. The van der Waals surface area contributed by atoms with E-state index in [0.29, 0.717) is 29.2 Å². The molecule has 2 amide bonds. The molecular formula is C20H25ClN2O2. The van der Waals surface area contributed by atoms with Crippen molar-refractivity contribution in [1.29, 1.82) is 0 Å². The average Bonchev–Trinajstić information content (AvgIpc) is 2.54. The first-order chi connectivity index (χ1) is 11.9. The molecule has 0 spiro atoms. The Morgan fingerprint density at radius 2 is 1.60 bits per heavy atom. The van der Waals surface area contributed by atoms with E-state index in [0.717, 1.165) is 24.8 Å². The van der Waals surface area contributed by atoms with Crippen LogP contribution in [0.1, 0.15) is 44.1 Å². The van der Waals surface area contributed by atoms with Crippen molar-refractivity contribution < 1.29 is 9.59 Å². The largest absolute Gasteiger partial charge is 0.368 e. The Labute approximate surface area is 153 Å². The Balaban J connectivity index is 1.47. The van der Waals surface area contributed by atoms with Crippen LogP contribution in [0.3, 0.4) is 0 Å². The molecule has 0 radical (unpaired) electrons. The maximum absolute atomic E-state index is 13.1. The molecule has 0 aliphatic heterocycles. The lowest BCUT2D eigenvalue weighted by Crippen LogP contribution is -2.57.